The number of pyridine rings is 1. The molecule has 1 aromatic heterocycles. The van der Waals surface area contributed by atoms with Crippen molar-refractivity contribution in [1.29, 1.82) is 0 Å². The number of nitrogens with two attached hydrogens (primary N) is 1. The second kappa shape index (κ2) is 10.2. The first kappa shape index (κ1) is 29.1. The third-order valence-corrected chi connectivity index (χ3v) is 6.90. The summed E-state index contributed by atoms with van der Waals surface area (Å²) in [6.45, 7) is -3.40. The van der Waals surface area contributed by atoms with Gasteiger partial charge in [0.2, 0.25) is 11.5 Å². The fraction of sp³-hybridized carbons (Fsp3) is 0.296. The van der Waals surface area contributed by atoms with Crippen LogP contribution in [0.25, 0.3) is 11.3 Å². The Morgan fingerprint density at radius 2 is 1.93 bits per heavy atom. The molecule has 3 heterocycles. The number of anilines is 1. The van der Waals surface area contributed by atoms with E-state index in [2.05, 4.69) is 15.0 Å². The molecule has 222 valence electrons. The first-order chi connectivity index (χ1) is 19.6. The predicted molar refractivity (Wildman–Crippen MR) is 134 cm³/mol. The summed E-state index contributed by atoms with van der Waals surface area (Å²) in [7, 11) is 0. The van der Waals surface area contributed by atoms with Gasteiger partial charge in [0.15, 0.2) is 11.5 Å². The summed E-state index contributed by atoms with van der Waals surface area (Å²) in [6.07, 6.45) is -5.68. The Morgan fingerprint density at radius 3 is 2.57 bits per heavy atom. The maximum absolute atomic E-state index is 14.5. The Hall–Kier alpha value is -4.37. The zero-order valence-electron chi connectivity index (χ0n) is 21.6. The summed E-state index contributed by atoms with van der Waals surface area (Å²) < 4.78 is 92.9. The molecule has 2 aliphatic heterocycles. The third-order valence-electron chi connectivity index (χ3n) is 6.90. The van der Waals surface area contributed by atoms with E-state index in [0.29, 0.717) is 0 Å². The van der Waals surface area contributed by atoms with Crippen molar-refractivity contribution < 1.29 is 50.5 Å². The van der Waals surface area contributed by atoms with E-state index in [0.717, 1.165) is 30.3 Å². The number of nitrogens with one attached hydrogen (secondary N) is 2. The van der Waals surface area contributed by atoms with Gasteiger partial charge < -0.3 is 30.9 Å². The van der Waals surface area contributed by atoms with Crippen LogP contribution in [0, 0.1) is 5.82 Å². The molecule has 2 atom stereocenters. The molecule has 5 rings (SSSR count). The minimum Gasteiger partial charge on any atom is -0.489 e. The van der Waals surface area contributed by atoms with Crippen molar-refractivity contribution in [1.82, 2.24) is 10.3 Å². The number of hydrogen-bond acceptors (Lipinski definition) is 7. The zero-order valence-corrected chi connectivity index (χ0v) is 21.6. The summed E-state index contributed by atoms with van der Waals surface area (Å²) in [5.74, 6) is -2.87. The molecule has 0 bridgehead atoms. The van der Waals surface area contributed by atoms with Gasteiger partial charge in [0.05, 0.1) is 29.9 Å². The largest absolute Gasteiger partial charge is 0.489 e. The molecular weight excluding hydrogens is 574 g/mol. The minimum atomic E-state index is -5.40. The normalized spacial score (nSPS) is 19.0. The van der Waals surface area contributed by atoms with E-state index >= 15 is 0 Å². The molecule has 2 aromatic carbocycles. The van der Waals surface area contributed by atoms with Crippen LogP contribution >= 0.6 is 0 Å². The molecule has 2 unspecified atom stereocenters. The molecule has 5 N–H and O–H groups in total. The maximum Gasteiger partial charge on any atom is 0.424 e. The molecule has 42 heavy (non-hydrogen) atoms. The first-order valence-electron chi connectivity index (χ1n) is 12.3. The quantitative estimate of drug-likeness (QED) is 0.305. The number of aliphatic hydroxyl groups is 1. The van der Waals surface area contributed by atoms with Crippen molar-refractivity contribution in [2.24, 2.45) is 5.73 Å². The van der Waals surface area contributed by atoms with Gasteiger partial charge in [0, 0.05) is 16.7 Å². The van der Waals surface area contributed by atoms with Crippen LogP contribution in [0.2, 0.25) is 0 Å². The summed E-state index contributed by atoms with van der Waals surface area (Å²) in [5.41, 5.74) is -0.00617. The average molecular weight is 596 g/mol. The van der Waals surface area contributed by atoms with E-state index in [1.54, 1.807) is 0 Å². The number of hydrogen-bond donors (Lipinski definition) is 4. The summed E-state index contributed by atoms with van der Waals surface area (Å²) in [5, 5.41) is 15.4. The number of fused-ring (bicyclic) bond motifs is 2. The smallest absolute Gasteiger partial charge is 0.424 e. The van der Waals surface area contributed by atoms with Crippen LogP contribution in [0.3, 0.4) is 0 Å². The highest BCUT2D eigenvalue weighted by Gasteiger charge is 2.57. The Bertz CT molecular complexity index is 1580. The number of amides is 2. The summed E-state index contributed by atoms with van der Waals surface area (Å²) in [4.78, 5) is 28.7. The number of halogens is 6. The highest BCUT2D eigenvalue weighted by molar-refractivity contribution is 6.03. The van der Waals surface area contributed by atoms with Gasteiger partial charge in [-0.2, -0.15) is 22.0 Å². The van der Waals surface area contributed by atoms with Gasteiger partial charge >= 0.3 is 12.8 Å². The standard InChI is InChI=1S/C27H22F6N4O5/c1-25(34)11-41-22-16(25)9-18(36-21(22)12-2-4-15(28)5-3-12)26(40,27(31,32)33)10-35-23(39)14-6-13-8-19(38)37-20(13)17(7-14)42-24(29)30/h2-7,9,24,40H,8,10-11,34H2,1H3,(H,35,39)(H,37,38). The van der Waals surface area contributed by atoms with Gasteiger partial charge in [-0.05, 0) is 55.0 Å². The lowest BCUT2D eigenvalue weighted by Gasteiger charge is -2.31. The summed E-state index contributed by atoms with van der Waals surface area (Å²) >= 11 is 0. The van der Waals surface area contributed by atoms with Gasteiger partial charge in [-0.15, -0.1) is 0 Å². The topological polar surface area (TPSA) is 136 Å². The number of nitrogens with zero attached hydrogens (tertiary/aromatic N) is 1. The highest BCUT2D eigenvalue weighted by atomic mass is 19.4. The Kier molecular flexibility index (Phi) is 7.05. The fourth-order valence-electron chi connectivity index (χ4n) is 4.70. The second-order valence-electron chi connectivity index (χ2n) is 10.1. The van der Waals surface area contributed by atoms with Crippen LogP contribution in [-0.4, -0.2) is 47.8 Å². The molecule has 15 heteroatoms. The number of aromatic nitrogens is 1. The van der Waals surface area contributed by atoms with Crippen LogP contribution in [0.1, 0.15) is 34.1 Å². The molecule has 2 aliphatic rings. The van der Waals surface area contributed by atoms with Crippen molar-refractivity contribution in [2.45, 2.75) is 37.3 Å². The molecule has 3 aromatic rings. The molecule has 0 fully saturated rings. The van der Waals surface area contributed by atoms with Gasteiger partial charge in [0.1, 0.15) is 18.1 Å². The molecule has 2 amide bonds. The molecule has 0 saturated heterocycles. The molecule has 9 nitrogen and oxygen atoms in total. The lowest BCUT2D eigenvalue weighted by atomic mass is 9.89. The van der Waals surface area contributed by atoms with Crippen molar-refractivity contribution >= 4 is 17.5 Å². The van der Waals surface area contributed by atoms with Crippen LogP contribution in [-0.2, 0) is 22.4 Å². The first-order valence-corrected chi connectivity index (χ1v) is 12.3. The average Bonchev–Trinajstić information content (AvgIpc) is 3.44. The number of alkyl halides is 5. The van der Waals surface area contributed by atoms with E-state index in [-0.39, 0.29) is 46.8 Å². The SMILES string of the molecule is CC1(N)COc2c1cc(C(O)(CNC(=O)c1cc3c(c(OC(F)F)c1)NC(=O)C3)C(F)(F)F)nc2-c1ccc(F)cc1. The third kappa shape index (κ3) is 5.20. The highest BCUT2D eigenvalue weighted by Crippen LogP contribution is 2.46. The van der Waals surface area contributed by atoms with Crippen molar-refractivity contribution in [2.75, 3.05) is 18.5 Å². The molecule has 0 saturated carbocycles. The van der Waals surface area contributed by atoms with Crippen molar-refractivity contribution in [3.05, 3.63) is 70.7 Å². The lowest BCUT2D eigenvalue weighted by molar-refractivity contribution is -0.265. The number of carbonyl (C=O) groups excluding carboxylic acids is 2. The molecule has 0 spiro atoms. The minimum absolute atomic E-state index is 0.0526. The molecular formula is C27H22F6N4O5. The second-order valence-corrected chi connectivity index (χ2v) is 10.1. The zero-order chi connectivity index (χ0) is 30.6. The molecule has 0 aliphatic carbocycles. The lowest BCUT2D eigenvalue weighted by Crippen LogP contribution is -2.51. The predicted octanol–water partition coefficient (Wildman–Crippen LogP) is 3.73. The van der Waals surface area contributed by atoms with E-state index in [4.69, 9.17) is 10.5 Å². The van der Waals surface area contributed by atoms with Crippen molar-refractivity contribution in [3.8, 4) is 22.8 Å². The van der Waals surface area contributed by atoms with Crippen LogP contribution < -0.4 is 25.8 Å². The van der Waals surface area contributed by atoms with Crippen LogP contribution in [0.15, 0.2) is 42.5 Å². The monoisotopic (exact) mass is 596 g/mol. The summed E-state index contributed by atoms with van der Waals surface area (Å²) in [6, 6.07) is 7.54. The molecule has 0 radical (unpaired) electrons. The van der Waals surface area contributed by atoms with Crippen LogP contribution in [0.4, 0.5) is 32.0 Å². The van der Waals surface area contributed by atoms with Gasteiger partial charge in [-0.1, -0.05) is 0 Å². The van der Waals surface area contributed by atoms with E-state index < -0.39 is 65.1 Å². The number of benzene rings is 2. The Morgan fingerprint density at radius 1 is 1.24 bits per heavy atom. The Labute approximate surface area is 233 Å². The van der Waals surface area contributed by atoms with E-state index in [9.17, 15) is 41.0 Å². The number of carbonyl (C=O) groups is 2. The maximum atomic E-state index is 14.5. The van der Waals surface area contributed by atoms with Gasteiger partial charge in [0.25, 0.3) is 5.91 Å². The van der Waals surface area contributed by atoms with E-state index in [1.807, 2.05) is 5.32 Å². The number of rotatable bonds is 7. The van der Waals surface area contributed by atoms with Gasteiger partial charge in [-0.3, -0.25) is 9.59 Å². The Balaban J connectivity index is 1.53. The van der Waals surface area contributed by atoms with Crippen LogP contribution in [0.5, 0.6) is 11.5 Å². The van der Waals surface area contributed by atoms with Crippen molar-refractivity contribution in [3.63, 3.8) is 0 Å². The fourth-order valence-corrected chi connectivity index (χ4v) is 4.70. The van der Waals surface area contributed by atoms with Gasteiger partial charge in [-0.25, -0.2) is 9.37 Å². The number of ether oxygens (including phenoxy) is 2. The van der Waals surface area contributed by atoms with E-state index in [1.165, 1.54) is 19.1 Å².